The maximum atomic E-state index is 8.81. The minimum Gasteiger partial charge on any atom is -0.396 e. The van der Waals surface area contributed by atoms with E-state index in [9.17, 15) is 0 Å². The van der Waals surface area contributed by atoms with Gasteiger partial charge in [-0.3, -0.25) is 0 Å². The van der Waals surface area contributed by atoms with E-state index in [1.807, 2.05) is 0 Å². The second-order valence-corrected chi connectivity index (χ2v) is 4.05. The largest absolute Gasteiger partial charge is 0.396 e. The molecule has 0 bridgehead atoms. The Kier molecular flexibility index (Phi) is 10.9. The molecule has 14 heavy (non-hydrogen) atoms. The molecular formula is C12H27NO. The van der Waals surface area contributed by atoms with Crippen LogP contribution >= 0.6 is 0 Å². The highest BCUT2D eigenvalue weighted by molar-refractivity contribution is 4.60. The van der Waals surface area contributed by atoms with Gasteiger partial charge in [0.05, 0.1) is 0 Å². The first kappa shape index (κ1) is 13.9. The summed E-state index contributed by atoms with van der Waals surface area (Å²) in [4.78, 5) is 0. The monoisotopic (exact) mass is 201 g/mol. The van der Waals surface area contributed by atoms with Crippen LogP contribution in [0.15, 0.2) is 0 Å². The number of hydrogen-bond acceptors (Lipinski definition) is 2. The molecule has 86 valence electrons. The Morgan fingerprint density at radius 1 is 1.14 bits per heavy atom. The molecular weight excluding hydrogens is 174 g/mol. The second kappa shape index (κ2) is 11.0. The van der Waals surface area contributed by atoms with Crippen molar-refractivity contribution in [3.05, 3.63) is 0 Å². The van der Waals surface area contributed by atoms with E-state index in [0.717, 1.165) is 19.5 Å². The number of unbranched alkanes of at least 4 members (excludes halogenated alkanes) is 3. The maximum Gasteiger partial charge on any atom is 0.0434 e. The molecule has 0 aliphatic heterocycles. The van der Waals surface area contributed by atoms with Crippen molar-refractivity contribution < 1.29 is 5.11 Å². The smallest absolute Gasteiger partial charge is 0.0434 e. The molecule has 0 aliphatic carbocycles. The van der Waals surface area contributed by atoms with E-state index in [1.165, 1.54) is 32.1 Å². The van der Waals surface area contributed by atoms with E-state index < -0.39 is 0 Å². The number of rotatable bonds is 10. The maximum absolute atomic E-state index is 8.81. The van der Waals surface area contributed by atoms with Crippen LogP contribution in [0.3, 0.4) is 0 Å². The van der Waals surface area contributed by atoms with Gasteiger partial charge in [-0.05, 0) is 31.8 Å². The molecule has 0 saturated carbocycles. The third kappa shape index (κ3) is 8.52. The van der Waals surface area contributed by atoms with Gasteiger partial charge in [0.15, 0.2) is 0 Å². The number of nitrogens with one attached hydrogen (secondary N) is 1. The number of hydrogen-bond donors (Lipinski definition) is 2. The lowest BCUT2D eigenvalue weighted by molar-refractivity contribution is 0.251. The van der Waals surface area contributed by atoms with Gasteiger partial charge in [-0.2, -0.15) is 0 Å². The highest BCUT2D eigenvalue weighted by Gasteiger charge is 2.03. The van der Waals surface area contributed by atoms with E-state index in [4.69, 9.17) is 5.11 Å². The molecule has 0 rings (SSSR count). The van der Waals surface area contributed by atoms with Crippen LogP contribution in [-0.4, -0.2) is 24.8 Å². The summed E-state index contributed by atoms with van der Waals surface area (Å²) in [5, 5.41) is 12.3. The third-order valence-electron chi connectivity index (χ3n) is 2.75. The van der Waals surface area contributed by atoms with Crippen molar-refractivity contribution in [2.24, 2.45) is 5.92 Å². The van der Waals surface area contributed by atoms with E-state index in [0.29, 0.717) is 12.5 Å². The predicted octanol–water partition coefficient (Wildman–Crippen LogP) is 2.56. The summed E-state index contributed by atoms with van der Waals surface area (Å²) in [7, 11) is 0. The van der Waals surface area contributed by atoms with Crippen molar-refractivity contribution in [1.29, 1.82) is 0 Å². The van der Waals surface area contributed by atoms with Crippen LogP contribution in [0.2, 0.25) is 0 Å². The molecule has 1 unspecified atom stereocenters. The van der Waals surface area contributed by atoms with Crippen LogP contribution in [0, 0.1) is 5.92 Å². The van der Waals surface area contributed by atoms with E-state index in [-0.39, 0.29) is 0 Å². The standard InChI is InChI=1S/C12H27NO/c1-3-5-6-7-9-13-11-12(4-2)8-10-14/h12-14H,3-11H2,1-2H3. The van der Waals surface area contributed by atoms with Gasteiger partial charge in [-0.1, -0.05) is 39.5 Å². The van der Waals surface area contributed by atoms with Gasteiger partial charge >= 0.3 is 0 Å². The Morgan fingerprint density at radius 3 is 2.50 bits per heavy atom. The van der Waals surface area contributed by atoms with Gasteiger partial charge in [0.25, 0.3) is 0 Å². The molecule has 0 aromatic rings. The van der Waals surface area contributed by atoms with Crippen molar-refractivity contribution in [3.63, 3.8) is 0 Å². The first-order valence-corrected chi connectivity index (χ1v) is 6.16. The fourth-order valence-electron chi connectivity index (χ4n) is 1.62. The van der Waals surface area contributed by atoms with Crippen LogP contribution in [0.5, 0.6) is 0 Å². The van der Waals surface area contributed by atoms with Crippen LogP contribution in [0.4, 0.5) is 0 Å². The average molecular weight is 201 g/mol. The highest BCUT2D eigenvalue weighted by atomic mass is 16.3. The van der Waals surface area contributed by atoms with Crippen molar-refractivity contribution in [2.45, 2.75) is 52.4 Å². The topological polar surface area (TPSA) is 32.3 Å². The highest BCUT2D eigenvalue weighted by Crippen LogP contribution is 2.05. The Bertz CT molecular complexity index is 106. The molecule has 0 saturated heterocycles. The van der Waals surface area contributed by atoms with Gasteiger partial charge in [0, 0.05) is 6.61 Å². The van der Waals surface area contributed by atoms with Crippen molar-refractivity contribution >= 4 is 0 Å². The first-order valence-electron chi connectivity index (χ1n) is 6.16. The normalized spacial score (nSPS) is 13.1. The fourth-order valence-corrected chi connectivity index (χ4v) is 1.62. The van der Waals surface area contributed by atoms with Gasteiger partial charge in [0.2, 0.25) is 0 Å². The molecule has 0 spiro atoms. The van der Waals surface area contributed by atoms with Crippen LogP contribution < -0.4 is 5.32 Å². The molecule has 2 heteroatoms. The average Bonchev–Trinajstić information content (AvgIpc) is 2.21. The SMILES string of the molecule is CCCCCCNCC(CC)CCO. The summed E-state index contributed by atoms with van der Waals surface area (Å²) in [6.07, 6.45) is 7.42. The van der Waals surface area contributed by atoms with Crippen LogP contribution in [0.1, 0.15) is 52.4 Å². The Balaban J connectivity index is 3.15. The lowest BCUT2D eigenvalue weighted by Crippen LogP contribution is -2.24. The minimum absolute atomic E-state index is 0.329. The van der Waals surface area contributed by atoms with Gasteiger partial charge in [-0.15, -0.1) is 0 Å². The quantitative estimate of drug-likeness (QED) is 0.532. The second-order valence-electron chi connectivity index (χ2n) is 4.05. The van der Waals surface area contributed by atoms with Gasteiger partial charge in [0.1, 0.15) is 0 Å². The van der Waals surface area contributed by atoms with Gasteiger partial charge in [-0.25, -0.2) is 0 Å². The Labute approximate surface area is 89.1 Å². The Hall–Kier alpha value is -0.0800. The molecule has 0 fully saturated rings. The number of aliphatic hydroxyl groups is 1. The Morgan fingerprint density at radius 2 is 1.93 bits per heavy atom. The summed E-state index contributed by atoms with van der Waals surface area (Å²) in [5.41, 5.74) is 0. The fraction of sp³-hybridized carbons (Fsp3) is 1.00. The van der Waals surface area contributed by atoms with Crippen molar-refractivity contribution in [3.8, 4) is 0 Å². The van der Waals surface area contributed by atoms with Crippen LogP contribution in [-0.2, 0) is 0 Å². The predicted molar refractivity (Wildman–Crippen MR) is 62.5 cm³/mol. The molecule has 0 aliphatic rings. The molecule has 1 atom stereocenters. The summed E-state index contributed by atoms with van der Waals surface area (Å²) in [6.45, 7) is 6.97. The molecule has 0 aromatic carbocycles. The third-order valence-corrected chi connectivity index (χ3v) is 2.75. The van der Waals surface area contributed by atoms with E-state index in [2.05, 4.69) is 19.2 Å². The molecule has 0 heterocycles. The summed E-state index contributed by atoms with van der Waals surface area (Å²) in [6, 6.07) is 0. The zero-order valence-electron chi connectivity index (χ0n) is 9.89. The molecule has 0 amide bonds. The summed E-state index contributed by atoms with van der Waals surface area (Å²) < 4.78 is 0. The lowest BCUT2D eigenvalue weighted by Gasteiger charge is -2.13. The minimum atomic E-state index is 0.329. The zero-order chi connectivity index (χ0) is 10.6. The van der Waals surface area contributed by atoms with Crippen LogP contribution in [0.25, 0.3) is 0 Å². The summed E-state index contributed by atoms with van der Waals surface area (Å²) >= 11 is 0. The number of aliphatic hydroxyl groups excluding tert-OH is 1. The lowest BCUT2D eigenvalue weighted by atomic mass is 10.0. The van der Waals surface area contributed by atoms with E-state index in [1.54, 1.807) is 0 Å². The summed E-state index contributed by atoms with van der Waals surface area (Å²) in [5.74, 6) is 0.658. The molecule has 2 nitrogen and oxygen atoms in total. The molecule has 2 N–H and O–H groups in total. The zero-order valence-corrected chi connectivity index (χ0v) is 9.89. The van der Waals surface area contributed by atoms with Crippen molar-refractivity contribution in [1.82, 2.24) is 5.32 Å². The van der Waals surface area contributed by atoms with Gasteiger partial charge < -0.3 is 10.4 Å². The van der Waals surface area contributed by atoms with Crippen molar-refractivity contribution in [2.75, 3.05) is 19.7 Å². The first-order chi connectivity index (χ1) is 6.85. The molecule has 0 radical (unpaired) electrons. The molecule has 0 aromatic heterocycles. The van der Waals surface area contributed by atoms with E-state index >= 15 is 0 Å².